The van der Waals surface area contributed by atoms with Crippen molar-refractivity contribution in [3.05, 3.63) is 78.1 Å². The third kappa shape index (κ3) is 3.20. The molecule has 4 rings (SSSR count). The van der Waals surface area contributed by atoms with Crippen molar-refractivity contribution >= 4 is 10.8 Å². The highest BCUT2D eigenvalue weighted by atomic mass is 16.7. The zero-order chi connectivity index (χ0) is 18.8. The second kappa shape index (κ2) is 7.25. The van der Waals surface area contributed by atoms with Crippen molar-refractivity contribution < 1.29 is 9.47 Å². The van der Waals surface area contributed by atoms with Crippen molar-refractivity contribution in [1.82, 2.24) is 9.55 Å². The third-order valence-electron chi connectivity index (χ3n) is 4.73. The van der Waals surface area contributed by atoms with Crippen molar-refractivity contribution in [3.8, 4) is 22.8 Å². The largest absolute Gasteiger partial charge is 0.467 e. The fourth-order valence-corrected chi connectivity index (χ4v) is 3.47. The molecule has 4 nitrogen and oxygen atoms in total. The van der Waals surface area contributed by atoms with Gasteiger partial charge in [0.1, 0.15) is 11.6 Å². The van der Waals surface area contributed by atoms with Crippen LogP contribution in [0.15, 0.2) is 66.7 Å². The number of methoxy groups -OCH3 is 1. The molecule has 4 aromatic rings. The highest BCUT2D eigenvalue weighted by Gasteiger charge is 2.11. The zero-order valence-corrected chi connectivity index (χ0v) is 15.8. The molecular formula is C23H22N2O2. The molecule has 0 aliphatic carbocycles. The minimum absolute atomic E-state index is 0.225. The Morgan fingerprint density at radius 1 is 0.815 bits per heavy atom. The van der Waals surface area contributed by atoms with E-state index in [4.69, 9.17) is 14.5 Å². The average Bonchev–Trinajstić information content (AvgIpc) is 3.04. The molecule has 2 aromatic carbocycles. The first kappa shape index (κ1) is 17.3. The minimum atomic E-state index is 0.225. The number of benzene rings is 2. The summed E-state index contributed by atoms with van der Waals surface area (Å²) in [5.41, 5.74) is 4.37. The molecule has 0 fully saturated rings. The maximum Gasteiger partial charge on any atom is 0.188 e. The number of hydrogen-bond donors (Lipinski definition) is 0. The Kier molecular flexibility index (Phi) is 4.65. The van der Waals surface area contributed by atoms with Crippen LogP contribution >= 0.6 is 0 Å². The van der Waals surface area contributed by atoms with Crippen LogP contribution in [0.3, 0.4) is 0 Å². The van der Waals surface area contributed by atoms with E-state index in [1.54, 1.807) is 7.11 Å². The van der Waals surface area contributed by atoms with Crippen molar-refractivity contribution in [3.63, 3.8) is 0 Å². The molecule has 0 bridgehead atoms. The third-order valence-corrected chi connectivity index (χ3v) is 4.73. The van der Waals surface area contributed by atoms with Gasteiger partial charge in [0.2, 0.25) is 0 Å². The minimum Gasteiger partial charge on any atom is -0.467 e. The first-order valence-electron chi connectivity index (χ1n) is 8.95. The molecule has 0 aliphatic heterocycles. The lowest BCUT2D eigenvalue weighted by molar-refractivity contribution is 0.0522. The second-order valence-corrected chi connectivity index (χ2v) is 6.54. The summed E-state index contributed by atoms with van der Waals surface area (Å²) in [6, 6.07) is 22.6. The van der Waals surface area contributed by atoms with E-state index in [0.717, 1.165) is 33.6 Å². The first-order valence-corrected chi connectivity index (χ1v) is 8.95. The van der Waals surface area contributed by atoms with E-state index in [0.29, 0.717) is 0 Å². The Labute approximate surface area is 159 Å². The summed E-state index contributed by atoms with van der Waals surface area (Å²) in [6.07, 6.45) is 0. The van der Waals surface area contributed by atoms with Gasteiger partial charge >= 0.3 is 0 Å². The molecule has 27 heavy (non-hydrogen) atoms. The van der Waals surface area contributed by atoms with Crippen LogP contribution in [-0.2, 0) is 4.74 Å². The molecule has 0 amide bonds. The van der Waals surface area contributed by atoms with Gasteiger partial charge in [-0.2, -0.15) is 0 Å². The van der Waals surface area contributed by atoms with E-state index in [9.17, 15) is 0 Å². The molecule has 0 aliphatic rings. The lowest BCUT2D eigenvalue weighted by Crippen LogP contribution is -2.02. The van der Waals surface area contributed by atoms with Gasteiger partial charge in [-0.05, 0) is 55.6 Å². The summed E-state index contributed by atoms with van der Waals surface area (Å²) in [4.78, 5) is 4.95. The molecule has 2 heterocycles. The summed E-state index contributed by atoms with van der Waals surface area (Å²) in [7, 11) is 1.62. The smallest absolute Gasteiger partial charge is 0.188 e. The van der Waals surface area contributed by atoms with Crippen molar-refractivity contribution in [2.45, 2.75) is 13.8 Å². The van der Waals surface area contributed by atoms with Crippen LogP contribution in [0.25, 0.3) is 27.8 Å². The number of pyridine rings is 1. The SMILES string of the molecule is COCOc1ccc(-c2cccc(-n3c(C)ccc3C)n2)c2ccccc12. The maximum absolute atomic E-state index is 5.73. The zero-order valence-electron chi connectivity index (χ0n) is 15.8. The van der Waals surface area contributed by atoms with Crippen LogP contribution in [0.4, 0.5) is 0 Å². The van der Waals surface area contributed by atoms with E-state index >= 15 is 0 Å². The predicted molar refractivity (Wildman–Crippen MR) is 108 cm³/mol. The van der Waals surface area contributed by atoms with Gasteiger partial charge in [-0.1, -0.05) is 30.3 Å². The Balaban J connectivity index is 1.85. The molecule has 0 N–H and O–H groups in total. The lowest BCUT2D eigenvalue weighted by Gasteiger charge is -2.14. The highest BCUT2D eigenvalue weighted by molar-refractivity contribution is 5.99. The second-order valence-electron chi connectivity index (χ2n) is 6.54. The lowest BCUT2D eigenvalue weighted by atomic mass is 10.0. The van der Waals surface area contributed by atoms with Gasteiger partial charge < -0.3 is 14.0 Å². The van der Waals surface area contributed by atoms with Crippen LogP contribution in [0.2, 0.25) is 0 Å². The molecule has 0 saturated heterocycles. The van der Waals surface area contributed by atoms with Gasteiger partial charge in [0.05, 0.1) is 5.69 Å². The number of rotatable bonds is 5. The van der Waals surface area contributed by atoms with Crippen molar-refractivity contribution in [2.75, 3.05) is 13.9 Å². The number of fused-ring (bicyclic) bond motifs is 1. The molecule has 0 unspecified atom stereocenters. The van der Waals surface area contributed by atoms with Crippen LogP contribution < -0.4 is 4.74 Å². The van der Waals surface area contributed by atoms with Gasteiger partial charge in [-0.15, -0.1) is 0 Å². The summed E-state index contributed by atoms with van der Waals surface area (Å²) in [6.45, 7) is 4.42. The van der Waals surface area contributed by atoms with E-state index in [-0.39, 0.29) is 6.79 Å². The van der Waals surface area contributed by atoms with E-state index < -0.39 is 0 Å². The van der Waals surface area contributed by atoms with Crippen LogP contribution in [-0.4, -0.2) is 23.5 Å². The predicted octanol–water partition coefficient (Wildman–Crippen LogP) is 5.29. The first-order chi connectivity index (χ1) is 13.2. The molecular weight excluding hydrogens is 336 g/mol. The Hall–Kier alpha value is -3.11. The van der Waals surface area contributed by atoms with Gasteiger partial charge in [0, 0.05) is 29.4 Å². The van der Waals surface area contributed by atoms with Gasteiger partial charge in [-0.25, -0.2) is 4.98 Å². The van der Waals surface area contributed by atoms with Gasteiger partial charge in [0.25, 0.3) is 0 Å². The summed E-state index contributed by atoms with van der Waals surface area (Å²) >= 11 is 0. The van der Waals surface area contributed by atoms with E-state index in [2.05, 4.69) is 60.9 Å². The summed E-state index contributed by atoms with van der Waals surface area (Å²) in [5, 5.41) is 2.16. The van der Waals surface area contributed by atoms with Crippen molar-refractivity contribution in [2.24, 2.45) is 0 Å². The fourth-order valence-electron chi connectivity index (χ4n) is 3.47. The highest BCUT2D eigenvalue weighted by Crippen LogP contribution is 2.34. The number of aryl methyl sites for hydroxylation is 2. The summed E-state index contributed by atoms with van der Waals surface area (Å²) < 4.78 is 12.9. The van der Waals surface area contributed by atoms with Crippen molar-refractivity contribution in [1.29, 1.82) is 0 Å². The van der Waals surface area contributed by atoms with Gasteiger partial charge in [-0.3, -0.25) is 0 Å². The van der Waals surface area contributed by atoms with Crippen LogP contribution in [0.5, 0.6) is 5.75 Å². The standard InChI is InChI=1S/C23H22N2O2/c1-16-11-12-17(2)25(16)23-10-6-9-21(24-23)19-13-14-22(27-15-26-3)20-8-5-4-7-18(19)20/h4-14H,15H2,1-3H3. The normalized spacial score (nSPS) is 11.1. The molecule has 0 spiro atoms. The van der Waals surface area contributed by atoms with Crippen LogP contribution in [0, 0.1) is 13.8 Å². The summed E-state index contributed by atoms with van der Waals surface area (Å²) in [5.74, 6) is 1.74. The maximum atomic E-state index is 5.73. The Morgan fingerprint density at radius 3 is 2.30 bits per heavy atom. The molecule has 0 atom stereocenters. The monoisotopic (exact) mass is 358 g/mol. The fraction of sp³-hybridized carbons (Fsp3) is 0.174. The molecule has 136 valence electrons. The number of ether oxygens (including phenoxy) is 2. The topological polar surface area (TPSA) is 36.3 Å². The van der Waals surface area contributed by atoms with E-state index in [1.807, 2.05) is 24.3 Å². The number of aromatic nitrogens is 2. The molecule has 0 radical (unpaired) electrons. The Morgan fingerprint density at radius 2 is 1.56 bits per heavy atom. The molecule has 4 heteroatoms. The van der Waals surface area contributed by atoms with Gasteiger partial charge in [0.15, 0.2) is 6.79 Å². The Bertz CT molecular complexity index is 1080. The molecule has 2 aromatic heterocycles. The van der Waals surface area contributed by atoms with E-state index in [1.165, 1.54) is 11.4 Å². The quantitative estimate of drug-likeness (QED) is 0.455. The van der Waals surface area contributed by atoms with Crippen LogP contribution in [0.1, 0.15) is 11.4 Å². The molecule has 0 saturated carbocycles. The number of nitrogens with zero attached hydrogens (tertiary/aromatic N) is 2. The average molecular weight is 358 g/mol. The number of hydrogen-bond acceptors (Lipinski definition) is 3.